The van der Waals surface area contributed by atoms with E-state index in [4.69, 9.17) is 9.84 Å². The van der Waals surface area contributed by atoms with E-state index in [2.05, 4.69) is 10.6 Å². The smallest absolute Gasteiger partial charge is 0.319 e. The Hall–Kier alpha value is -2.74. The normalized spacial score (nSPS) is 19.9. The lowest BCUT2D eigenvalue weighted by atomic mass is 9.96. The van der Waals surface area contributed by atoms with E-state index in [-0.39, 0.29) is 30.0 Å². The molecule has 2 aliphatic rings. The van der Waals surface area contributed by atoms with Gasteiger partial charge in [-0.3, -0.25) is 4.79 Å². The van der Waals surface area contributed by atoms with Crippen molar-refractivity contribution >= 4 is 11.9 Å². The highest BCUT2D eigenvalue weighted by Gasteiger charge is 2.40. The first kappa shape index (κ1) is 16.1. The highest BCUT2D eigenvalue weighted by Crippen LogP contribution is 2.36. The minimum atomic E-state index is -0.616. The number of phenols is 1. The summed E-state index contributed by atoms with van der Waals surface area (Å²) < 4.78 is 5.10. The summed E-state index contributed by atoms with van der Waals surface area (Å²) in [5, 5.41) is 24.1. The maximum atomic E-state index is 12.7. The second kappa shape index (κ2) is 6.40. The van der Waals surface area contributed by atoms with Crippen LogP contribution in [0.1, 0.15) is 18.0 Å². The SMILES string of the molecule is COc1cc([C@@H]2NC(=O)NC3=C2C(=O)N(CCCO)C3)ccc1O. The first-order valence-electron chi connectivity index (χ1n) is 7.62. The Kier molecular flexibility index (Phi) is 4.30. The van der Waals surface area contributed by atoms with Crippen molar-refractivity contribution in [1.82, 2.24) is 15.5 Å². The van der Waals surface area contributed by atoms with E-state index in [1.165, 1.54) is 13.2 Å². The Balaban J connectivity index is 1.94. The zero-order valence-corrected chi connectivity index (χ0v) is 13.2. The number of rotatable bonds is 5. The van der Waals surface area contributed by atoms with Crippen molar-refractivity contribution in [2.75, 3.05) is 26.8 Å². The van der Waals surface area contributed by atoms with E-state index in [1.807, 2.05) is 0 Å². The monoisotopic (exact) mass is 333 g/mol. The van der Waals surface area contributed by atoms with Crippen LogP contribution >= 0.6 is 0 Å². The number of benzene rings is 1. The van der Waals surface area contributed by atoms with Crippen LogP contribution < -0.4 is 15.4 Å². The number of aliphatic hydroxyl groups is 1. The number of methoxy groups -OCH3 is 1. The van der Waals surface area contributed by atoms with Crippen LogP contribution in [0.4, 0.5) is 4.79 Å². The zero-order valence-electron chi connectivity index (χ0n) is 13.2. The minimum absolute atomic E-state index is 0.00234. The quantitative estimate of drug-likeness (QED) is 0.617. The average molecular weight is 333 g/mol. The molecule has 128 valence electrons. The van der Waals surface area contributed by atoms with E-state index >= 15 is 0 Å². The molecule has 0 aliphatic carbocycles. The third kappa shape index (κ3) is 2.76. The molecule has 0 bridgehead atoms. The van der Waals surface area contributed by atoms with Gasteiger partial charge < -0.3 is 30.5 Å². The Morgan fingerprint density at radius 2 is 2.17 bits per heavy atom. The lowest BCUT2D eigenvalue weighted by Gasteiger charge is -2.26. The summed E-state index contributed by atoms with van der Waals surface area (Å²) in [6.45, 7) is 0.731. The van der Waals surface area contributed by atoms with Crippen LogP contribution in [0.5, 0.6) is 11.5 Å². The van der Waals surface area contributed by atoms with Gasteiger partial charge in [-0.1, -0.05) is 6.07 Å². The summed E-state index contributed by atoms with van der Waals surface area (Å²) >= 11 is 0. The zero-order chi connectivity index (χ0) is 17.3. The third-order valence-electron chi connectivity index (χ3n) is 4.14. The van der Waals surface area contributed by atoms with Crippen LogP contribution in [0, 0.1) is 0 Å². The standard InChI is InChI=1S/C16H19N3O5/c1-24-12-7-9(3-4-11(12)21)14-13-10(17-16(23)18-14)8-19(15(13)22)5-2-6-20/h3-4,7,14,20-21H,2,5-6,8H2,1H3,(H2,17,18,23)/t14-/m0/s1. The van der Waals surface area contributed by atoms with Crippen molar-refractivity contribution in [1.29, 1.82) is 0 Å². The van der Waals surface area contributed by atoms with Gasteiger partial charge in [0, 0.05) is 13.2 Å². The Morgan fingerprint density at radius 1 is 1.38 bits per heavy atom. The van der Waals surface area contributed by atoms with Crippen LogP contribution in [0.25, 0.3) is 0 Å². The summed E-state index contributed by atoms with van der Waals surface area (Å²) in [5.74, 6) is 0.0750. The van der Waals surface area contributed by atoms with Crippen LogP contribution in [0.15, 0.2) is 29.5 Å². The van der Waals surface area contributed by atoms with E-state index in [9.17, 15) is 14.7 Å². The number of carbonyl (C=O) groups excluding carboxylic acids is 2. The lowest BCUT2D eigenvalue weighted by Crippen LogP contribution is -2.44. The number of urea groups is 1. The van der Waals surface area contributed by atoms with Gasteiger partial charge in [0.2, 0.25) is 0 Å². The molecule has 0 saturated heterocycles. The molecule has 0 saturated carbocycles. The number of ether oxygens (including phenoxy) is 1. The first-order chi connectivity index (χ1) is 11.5. The highest BCUT2D eigenvalue weighted by molar-refractivity contribution is 6.01. The molecule has 3 rings (SSSR count). The van der Waals surface area contributed by atoms with Gasteiger partial charge in [-0.25, -0.2) is 4.79 Å². The fraction of sp³-hybridized carbons (Fsp3) is 0.375. The minimum Gasteiger partial charge on any atom is -0.504 e. The van der Waals surface area contributed by atoms with Gasteiger partial charge in [0.15, 0.2) is 11.5 Å². The molecule has 2 heterocycles. The summed E-state index contributed by atoms with van der Waals surface area (Å²) in [4.78, 5) is 26.2. The summed E-state index contributed by atoms with van der Waals surface area (Å²) in [5.41, 5.74) is 1.68. The Bertz CT molecular complexity index is 716. The van der Waals surface area contributed by atoms with Crippen molar-refractivity contribution in [2.45, 2.75) is 12.5 Å². The summed E-state index contributed by atoms with van der Waals surface area (Å²) in [7, 11) is 1.43. The molecule has 0 spiro atoms. The maximum Gasteiger partial charge on any atom is 0.319 e. The number of nitrogens with one attached hydrogen (secondary N) is 2. The number of phenolic OH excluding ortho intramolecular Hbond substituents is 1. The number of amides is 3. The first-order valence-corrected chi connectivity index (χ1v) is 7.62. The number of hydrogen-bond donors (Lipinski definition) is 4. The van der Waals surface area contributed by atoms with Crippen molar-refractivity contribution in [3.8, 4) is 11.5 Å². The predicted octanol–water partition coefficient (Wildman–Crippen LogP) is 0.233. The van der Waals surface area contributed by atoms with Crippen LogP contribution in [-0.2, 0) is 4.79 Å². The molecule has 1 aromatic rings. The van der Waals surface area contributed by atoms with Crippen LogP contribution in [0.3, 0.4) is 0 Å². The molecule has 0 radical (unpaired) electrons. The van der Waals surface area contributed by atoms with Crippen molar-refractivity contribution in [3.05, 3.63) is 35.0 Å². The number of aliphatic hydroxyl groups excluding tert-OH is 1. The van der Waals surface area contributed by atoms with E-state index < -0.39 is 6.04 Å². The van der Waals surface area contributed by atoms with Crippen molar-refractivity contribution in [2.24, 2.45) is 0 Å². The molecule has 2 aliphatic heterocycles. The lowest BCUT2D eigenvalue weighted by molar-refractivity contribution is -0.125. The van der Waals surface area contributed by atoms with Gasteiger partial charge in [-0.15, -0.1) is 0 Å². The van der Waals surface area contributed by atoms with Gasteiger partial charge in [0.05, 0.1) is 31.0 Å². The molecule has 1 atom stereocenters. The molecule has 8 nitrogen and oxygen atoms in total. The van der Waals surface area contributed by atoms with Gasteiger partial charge in [-0.05, 0) is 24.1 Å². The van der Waals surface area contributed by atoms with Gasteiger partial charge in [0.1, 0.15) is 0 Å². The van der Waals surface area contributed by atoms with Gasteiger partial charge >= 0.3 is 6.03 Å². The fourth-order valence-corrected chi connectivity index (χ4v) is 2.99. The number of carbonyl (C=O) groups is 2. The highest BCUT2D eigenvalue weighted by atomic mass is 16.5. The number of hydrogen-bond acceptors (Lipinski definition) is 5. The molecular weight excluding hydrogens is 314 g/mol. The molecule has 1 aromatic carbocycles. The van der Waals surface area contributed by atoms with Crippen LogP contribution in [0.2, 0.25) is 0 Å². The molecule has 8 heteroatoms. The van der Waals surface area contributed by atoms with Crippen molar-refractivity contribution in [3.63, 3.8) is 0 Å². The van der Waals surface area contributed by atoms with Crippen LogP contribution in [-0.4, -0.2) is 53.9 Å². The Labute approximate surface area is 138 Å². The average Bonchev–Trinajstić information content (AvgIpc) is 2.88. The topological polar surface area (TPSA) is 111 Å². The second-order valence-corrected chi connectivity index (χ2v) is 5.66. The van der Waals surface area contributed by atoms with Crippen molar-refractivity contribution < 1.29 is 24.5 Å². The number of aromatic hydroxyl groups is 1. The Morgan fingerprint density at radius 3 is 2.88 bits per heavy atom. The molecule has 24 heavy (non-hydrogen) atoms. The van der Waals surface area contributed by atoms with Gasteiger partial charge in [0.25, 0.3) is 5.91 Å². The molecule has 3 amide bonds. The number of nitrogens with zero attached hydrogens (tertiary/aromatic N) is 1. The predicted molar refractivity (Wildman–Crippen MR) is 84.4 cm³/mol. The molecule has 0 fully saturated rings. The maximum absolute atomic E-state index is 12.7. The largest absolute Gasteiger partial charge is 0.504 e. The molecule has 4 N–H and O–H groups in total. The molecule has 0 aromatic heterocycles. The van der Waals surface area contributed by atoms with Gasteiger partial charge in [-0.2, -0.15) is 0 Å². The summed E-state index contributed by atoms with van der Waals surface area (Å²) in [6.07, 6.45) is 0.478. The molecular formula is C16H19N3O5. The van der Waals surface area contributed by atoms with E-state index in [0.29, 0.717) is 36.3 Å². The second-order valence-electron chi connectivity index (χ2n) is 5.66. The van der Waals surface area contributed by atoms with E-state index in [1.54, 1.807) is 17.0 Å². The van der Waals surface area contributed by atoms with E-state index in [0.717, 1.165) is 0 Å². The third-order valence-corrected chi connectivity index (χ3v) is 4.14. The fourth-order valence-electron chi connectivity index (χ4n) is 2.99. The summed E-state index contributed by atoms with van der Waals surface area (Å²) in [6, 6.07) is 3.70. The molecule has 0 unspecified atom stereocenters.